The second-order valence-electron chi connectivity index (χ2n) is 4.49. The van der Waals surface area contributed by atoms with Crippen LogP contribution in [0.5, 0.6) is 11.5 Å². The molecular formula is C13H18FNO2. The van der Waals surface area contributed by atoms with Crippen molar-refractivity contribution in [1.29, 1.82) is 0 Å². The van der Waals surface area contributed by atoms with Crippen LogP contribution in [0.15, 0.2) is 12.1 Å². The molecule has 1 aliphatic heterocycles. The lowest BCUT2D eigenvalue weighted by atomic mass is 9.90. The van der Waals surface area contributed by atoms with Crippen molar-refractivity contribution < 1.29 is 14.2 Å². The van der Waals surface area contributed by atoms with Gasteiger partial charge in [0.15, 0.2) is 17.3 Å². The number of methoxy groups -OCH3 is 1. The van der Waals surface area contributed by atoms with Crippen molar-refractivity contribution in [3.05, 3.63) is 23.5 Å². The van der Waals surface area contributed by atoms with E-state index in [1.54, 1.807) is 6.07 Å². The zero-order chi connectivity index (χ0) is 12.3. The van der Waals surface area contributed by atoms with Gasteiger partial charge in [-0.2, -0.15) is 0 Å². The van der Waals surface area contributed by atoms with Gasteiger partial charge in [-0.15, -0.1) is 0 Å². The van der Waals surface area contributed by atoms with Gasteiger partial charge in [-0.05, 0) is 49.9 Å². The van der Waals surface area contributed by atoms with Crippen molar-refractivity contribution in [2.24, 2.45) is 5.92 Å². The molecule has 1 fully saturated rings. The van der Waals surface area contributed by atoms with Crippen molar-refractivity contribution in [3.63, 3.8) is 0 Å². The molecule has 3 nitrogen and oxygen atoms in total. The van der Waals surface area contributed by atoms with Crippen molar-refractivity contribution in [2.75, 3.05) is 20.2 Å². The highest BCUT2D eigenvalue weighted by atomic mass is 19.1. The molecular weight excluding hydrogens is 221 g/mol. The maximum atomic E-state index is 14.0. The van der Waals surface area contributed by atoms with Crippen LogP contribution in [0.4, 0.5) is 4.39 Å². The Labute approximate surface area is 101 Å². The molecule has 94 valence electrons. The third-order valence-electron chi connectivity index (χ3n) is 3.33. The molecule has 1 saturated heterocycles. The number of aromatic hydroxyl groups is 1. The van der Waals surface area contributed by atoms with E-state index in [-0.39, 0.29) is 11.5 Å². The average molecular weight is 239 g/mol. The van der Waals surface area contributed by atoms with Crippen LogP contribution in [0.3, 0.4) is 0 Å². The SMILES string of the molecule is COc1c(O)ccc(CC2CCNCC2)c1F. The molecule has 17 heavy (non-hydrogen) atoms. The van der Waals surface area contributed by atoms with E-state index < -0.39 is 5.82 Å². The molecule has 1 aliphatic rings. The third kappa shape index (κ3) is 2.69. The van der Waals surface area contributed by atoms with Crippen LogP contribution in [-0.2, 0) is 6.42 Å². The van der Waals surface area contributed by atoms with Crippen molar-refractivity contribution in [2.45, 2.75) is 19.3 Å². The van der Waals surface area contributed by atoms with Crippen LogP contribution in [0.1, 0.15) is 18.4 Å². The van der Waals surface area contributed by atoms with Crippen LogP contribution in [0, 0.1) is 11.7 Å². The van der Waals surface area contributed by atoms with Gasteiger partial charge in [0.2, 0.25) is 0 Å². The maximum absolute atomic E-state index is 14.0. The van der Waals surface area contributed by atoms with E-state index in [9.17, 15) is 9.50 Å². The summed E-state index contributed by atoms with van der Waals surface area (Å²) in [6.45, 7) is 2.00. The molecule has 1 aromatic carbocycles. The normalized spacial score (nSPS) is 17.1. The summed E-state index contributed by atoms with van der Waals surface area (Å²) in [6.07, 6.45) is 2.86. The second-order valence-corrected chi connectivity index (χ2v) is 4.49. The molecule has 0 bridgehead atoms. The van der Waals surface area contributed by atoms with Gasteiger partial charge in [-0.25, -0.2) is 4.39 Å². The zero-order valence-electron chi connectivity index (χ0n) is 10.0. The summed E-state index contributed by atoms with van der Waals surface area (Å²) in [7, 11) is 1.37. The predicted molar refractivity (Wildman–Crippen MR) is 63.9 cm³/mol. The minimum absolute atomic E-state index is 0.0450. The van der Waals surface area contributed by atoms with Crippen LogP contribution in [0.25, 0.3) is 0 Å². The van der Waals surface area contributed by atoms with E-state index in [1.165, 1.54) is 13.2 Å². The molecule has 1 heterocycles. The van der Waals surface area contributed by atoms with E-state index in [0.29, 0.717) is 17.9 Å². The molecule has 0 aromatic heterocycles. The topological polar surface area (TPSA) is 41.5 Å². The lowest BCUT2D eigenvalue weighted by molar-refractivity contribution is 0.341. The van der Waals surface area contributed by atoms with Gasteiger partial charge >= 0.3 is 0 Å². The van der Waals surface area contributed by atoms with Crippen LogP contribution in [0.2, 0.25) is 0 Å². The molecule has 0 amide bonds. The number of halogens is 1. The largest absolute Gasteiger partial charge is 0.504 e. The summed E-state index contributed by atoms with van der Waals surface area (Å²) in [5.74, 6) is -0.0958. The number of phenolic OH excluding ortho intramolecular Hbond substituents is 1. The van der Waals surface area contributed by atoms with Gasteiger partial charge < -0.3 is 15.2 Å². The van der Waals surface area contributed by atoms with Gasteiger partial charge in [0, 0.05) is 0 Å². The Morgan fingerprint density at radius 2 is 2.12 bits per heavy atom. The fourth-order valence-electron chi connectivity index (χ4n) is 2.34. The number of piperidine rings is 1. The minimum atomic E-state index is -0.425. The number of phenols is 1. The van der Waals surface area contributed by atoms with Gasteiger partial charge in [0.05, 0.1) is 7.11 Å². The monoisotopic (exact) mass is 239 g/mol. The van der Waals surface area contributed by atoms with Crippen LogP contribution in [-0.4, -0.2) is 25.3 Å². The minimum Gasteiger partial charge on any atom is -0.504 e. The first-order chi connectivity index (χ1) is 8.22. The van der Waals surface area contributed by atoms with Crippen molar-refractivity contribution >= 4 is 0 Å². The Bertz CT molecular complexity index is 389. The van der Waals surface area contributed by atoms with Crippen LogP contribution >= 0.6 is 0 Å². The molecule has 0 radical (unpaired) electrons. The second kappa shape index (κ2) is 5.36. The third-order valence-corrected chi connectivity index (χ3v) is 3.33. The first-order valence-corrected chi connectivity index (χ1v) is 5.97. The number of rotatable bonds is 3. The first-order valence-electron chi connectivity index (χ1n) is 5.97. The summed E-state index contributed by atoms with van der Waals surface area (Å²) in [6, 6.07) is 3.15. The Balaban J connectivity index is 2.15. The molecule has 1 aromatic rings. The lowest BCUT2D eigenvalue weighted by Gasteiger charge is -2.23. The molecule has 0 spiro atoms. The highest BCUT2D eigenvalue weighted by Crippen LogP contribution is 2.32. The molecule has 0 saturated carbocycles. The van der Waals surface area contributed by atoms with E-state index in [1.807, 2.05) is 0 Å². The molecule has 4 heteroatoms. The quantitative estimate of drug-likeness (QED) is 0.848. The Morgan fingerprint density at radius 3 is 2.76 bits per heavy atom. The fraction of sp³-hybridized carbons (Fsp3) is 0.538. The van der Waals surface area contributed by atoms with E-state index >= 15 is 0 Å². The standard InChI is InChI=1S/C13H18FNO2/c1-17-13-11(16)3-2-10(12(13)14)8-9-4-6-15-7-5-9/h2-3,9,15-16H,4-8H2,1H3. The maximum Gasteiger partial charge on any atom is 0.196 e. The summed E-state index contributed by atoms with van der Waals surface area (Å²) < 4.78 is 18.9. The lowest BCUT2D eigenvalue weighted by Crippen LogP contribution is -2.28. The Hall–Kier alpha value is -1.29. The summed E-state index contributed by atoms with van der Waals surface area (Å²) in [5.41, 5.74) is 0.631. The van der Waals surface area contributed by atoms with Gasteiger partial charge in [-0.3, -0.25) is 0 Å². The number of ether oxygens (including phenoxy) is 1. The first kappa shape index (κ1) is 12.2. The van der Waals surface area contributed by atoms with E-state index in [0.717, 1.165) is 25.9 Å². The molecule has 2 N–H and O–H groups in total. The molecule has 2 rings (SSSR count). The highest BCUT2D eigenvalue weighted by Gasteiger charge is 2.19. The fourth-order valence-corrected chi connectivity index (χ4v) is 2.34. The number of hydrogen-bond acceptors (Lipinski definition) is 3. The Kier molecular flexibility index (Phi) is 3.84. The summed E-state index contributed by atoms with van der Waals surface area (Å²) in [4.78, 5) is 0. The number of nitrogens with one attached hydrogen (secondary N) is 1. The molecule has 0 unspecified atom stereocenters. The average Bonchev–Trinajstić information content (AvgIpc) is 2.35. The van der Waals surface area contributed by atoms with Gasteiger partial charge in [-0.1, -0.05) is 6.07 Å². The molecule has 0 atom stereocenters. The van der Waals surface area contributed by atoms with Crippen molar-refractivity contribution in [1.82, 2.24) is 5.32 Å². The molecule has 0 aliphatic carbocycles. The van der Waals surface area contributed by atoms with Crippen LogP contribution < -0.4 is 10.1 Å². The van der Waals surface area contributed by atoms with Crippen molar-refractivity contribution in [3.8, 4) is 11.5 Å². The van der Waals surface area contributed by atoms with Gasteiger partial charge in [0.1, 0.15) is 0 Å². The highest BCUT2D eigenvalue weighted by molar-refractivity contribution is 5.43. The smallest absolute Gasteiger partial charge is 0.196 e. The van der Waals surface area contributed by atoms with E-state index in [2.05, 4.69) is 5.32 Å². The van der Waals surface area contributed by atoms with E-state index in [4.69, 9.17) is 4.74 Å². The number of benzene rings is 1. The summed E-state index contributed by atoms with van der Waals surface area (Å²) >= 11 is 0. The summed E-state index contributed by atoms with van der Waals surface area (Å²) in [5, 5.41) is 12.7. The Morgan fingerprint density at radius 1 is 1.41 bits per heavy atom. The number of hydrogen-bond donors (Lipinski definition) is 2. The zero-order valence-corrected chi connectivity index (χ0v) is 10.0. The van der Waals surface area contributed by atoms with Gasteiger partial charge in [0.25, 0.3) is 0 Å². The predicted octanol–water partition coefficient (Wildman–Crippen LogP) is 2.08.